The Labute approximate surface area is 133 Å². The molecule has 1 unspecified atom stereocenters. The summed E-state index contributed by atoms with van der Waals surface area (Å²) in [6, 6.07) is 6.67. The molecule has 0 aliphatic heterocycles. The van der Waals surface area contributed by atoms with Crippen LogP contribution in [0.2, 0.25) is 0 Å². The summed E-state index contributed by atoms with van der Waals surface area (Å²) in [5, 5.41) is -0.0895. The van der Waals surface area contributed by atoms with Crippen molar-refractivity contribution in [1.82, 2.24) is 9.55 Å². The predicted octanol–water partition coefficient (Wildman–Crippen LogP) is 5.71. The van der Waals surface area contributed by atoms with Gasteiger partial charge in [0.05, 0.1) is 16.4 Å². The average molecular weight is 356 g/mol. The first-order valence-electron chi connectivity index (χ1n) is 6.99. The van der Waals surface area contributed by atoms with Crippen molar-refractivity contribution in [2.75, 3.05) is 0 Å². The van der Waals surface area contributed by atoms with Crippen molar-refractivity contribution in [2.45, 2.75) is 46.0 Å². The number of benzene rings is 1. The van der Waals surface area contributed by atoms with Gasteiger partial charge in [-0.3, -0.25) is 0 Å². The van der Waals surface area contributed by atoms with Crippen LogP contribution in [0.1, 0.15) is 51.9 Å². The largest absolute Gasteiger partial charge is 0.322 e. The first kappa shape index (κ1) is 14.4. The van der Waals surface area contributed by atoms with Crippen LogP contribution in [0, 0.1) is 10.8 Å². The summed E-state index contributed by atoms with van der Waals surface area (Å²) < 4.78 is 3.44. The number of aromatic nitrogens is 2. The fraction of sp³-hybridized carbons (Fsp3) is 0.562. The summed E-state index contributed by atoms with van der Waals surface area (Å²) in [6.07, 6.45) is 0. The Morgan fingerprint density at radius 1 is 1.25 bits per heavy atom. The number of fused-ring (bicyclic) bond motifs is 1. The first-order valence-corrected chi connectivity index (χ1v) is 8.22. The summed E-state index contributed by atoms with van der Waals surface area (Å²) in [5.41, 5.74) is 2.70. The van der Waals surface area contributed by atoms with Gasteiger partial charge in [-0.15, -0.1) is 11.6 Å². The molecule has 0 saturated heterocycles. The van der Waals surface area contributed by atoms with Gasteiger partial charge in [0.25, 0.3) is 0 Å². The lowest BCUT2D eigenvalue weighted by molar-refractivity contribution is 0.457. The second-order valence-electron chi connectivity index (χ2n) is 6.93. The van der Waals surface area contributed by atoms with Crippen molar-refractivity contribution in [3.05, 3.63) is 28.5 Å². The zero-order valence-corrected chi connectivity index (χ0v) is 14.9. The SMILES string of the molecule is CC(Cl)c1nc2ccc(Br)cc2n1C1C(C)(C)C1(C)C. The molecule has 1 heterocycles. The Kier molecular flexibility index (Phi) is 3.05. The Balaban J connectivity index is 2.28. The minimum atomic E-state index is -0.0895. The normalized spacial score (nSPS) is 22.1. The third-order valence-corrected chi connectivity index (χ3v) is 5.93. The van der Waals surface area contributed by atoms with Gasteiger partial charge in [0.2, 0.25) is 0 Å². The molecule has 0 spiro atoms. The number of alkyl halides is 1. The van der Waals surface area contributed by atoms with E-state index in [1.54, 1.807) is 0 Å². The summed E-state index contributed by atoms with van der Waals surface area (Å²) in [7, 11) is 0. The summed E-state index contributed by atoms with van der Waals surface area (Å²) in [6.45, 7) is 11.3. The highest BCUT2D eigenvalue weighted by Gasteiger charge is 2.66. The van der Waals surface area contributed by atoms with Crippen LogP contribution >= 0.6 is 27.5 Å². The third kappa shape index (κ3) is 1.79. The van der Waals surface area contributed by atoms with Gasteiger partial charge in [-0.2, -0.15) is 0 Å². The quantitative estimate of drug-likeness (QED) is 0.631. The van der Waals surface area contributed by atoms with E-state index in [0.717, 1.165) is 15.8 Å². The molecule has 1 aromatic heterocycles. The lowest BCUT2D eigenvalue weighted by Crippen LogP contribution is -2.07. The molecule has 0 bridgehead atoms. The van der Waals surface area contributed by atoms with Gasteiger partial charge in [0.15, 0.2) is 0 Å². The predicted molar refractivity (Wildman–Crippen MR) is 88.3 cm³/mol. The number of hydrogen-bond acceptors (Lipinski definition) is 1. The molecule has 4 heteroatoms. The lowest BCUT2D eigenvalue weighted by atomic mass is 10.0. The van der Waals surface area contributed by atoms with Gasteiger partial charge in [0, 0.05) is 10.5 Å². The number of rotatable bonds is 2. The fourth-order valence-electron chi connectivity index (χ4n) is 3.44. The van der Waals surface area contributed by atoms with Crippen LogP contribution in [-0.4, -0.2) is 9.55 Å². The smallest absolute Gasteiger partial charge is 0.128 e. The zero-order valence-electron chi connectivity index (χ0n) is 12.5. The summed E-state index contributed by atoms with van der Waals surface area (Å²) >= 11 is 9.95. The second kappa shape index (κ2) is 4.23. The van der Waals surface area contributed by atoms with Crippen molar-refractivity contribution in [3.63, 3.8) is 0 Å². The van der Waals surface area contributed by atoms with Crippen LogP contribution in [0.25, 0.3) is 11.0 Å². The Morgan fingerprint density at radius 2 is 1.85 bits per heavy atom. The molecule has 0 radical (unpaired) electrons. The molecule has 0 N–H and O–H groups in total. The average Bonchev–Trinajstić information content (AvgIpc) is 2.64. The van der Waals surface area contributed by atoms with E-state index >= 15 is 0 Å². The molecule has 0 amide bonds. The van der Waals surface area contributed by atoms with E-state index < -0.39 is 0 Å². The van der Waals surface area contributed by atoms with Gasteiger partial charge >= 0.3 is 0 Å². The highest BCUT2D eigenvalue weighted by Crippen LogP contribution is 2.72. The molecule has 2 aromatic rings. The highest BCUT2D eigenvalue weighted by molar-refractivity contribution is 9.10. The maximum Gasteiger partial charge on any atom is 0.128 e. The van der Waals surface area contributed by atoms with E-state index in [2.05, 4.69) is 60.3 Å². The number of imidazole rings is 1. The number of nitrogens with zero attached hydrogens (tertiary/aromatic N) is 2. The zero-order chi connectivity index (χ0) is 14.9. The van der Waals surface area contributed by atoms with E-state index in [-0.39, 0.29) is 16.2 Å². The number of hydrogen-bond donors (Lipinski definition) is 0. The molecule has 1 aliphatic carbocycles. The molecule has 1 aliphatic rings. The van der Waals surface area contributed by atoms with E-state index in [1.807, 2.05) is 13.0 Å². The molecule has 20 heavy (non-hydrogen) atoms. The van der Waals surface area contributed by atoms with Crippen LogP contribution in [0.3, 0.4) is 0 Å². The standard InChI is InChI=1S/C16H20BrClN2/c1-9(18)13-19-11-7-6-10(17)8-12(11)20(13)14-15(2,3)16(14,4)5/h6-9,14H,1-5H3. The fourth-order valence-corrected chi connectivity index (χ4v) is 3.95. The van der Waals surface area contributed by atoms with Crippen LogP contribution in [0.5, 0.6) is 0 Å². The van der Waals surface area contributed by atoms with E-state index in [0.29, 0.717) is 6.04 Å². The van der Waals surface area contributed by atoms with E-state index in [1.165, 1.54) is 5.52 Å². The molecular formula is C16H20BrClN2. The molecule has 3 rings (SSSR count). The maximum atomic E-state index is 6.38. The highest BCUT2D eigenvalue weighted by atomic mass is 79.9. The maximum absolute atomic E-state index is 6.38. The van der Waals surface area contributed by atoms with Crippen molar-refractivity contribution in [2.24, 2.45) is 10.8 Å². The van der Waals surface area contributed by atoms with Crippen LogP contribution in [-0.2, 0) is 0 Å². The molecule has 1 aromatic carbocycles. The monoisotopic (exact) mass is 354 g/mol. The minimum Gasteiger partial charge on any atom is -0.322 e. The van der Waals surface area contributed by atoms with E-state index in [4.69, 9.17) is 16.6 Å². The number of halogens is 2. The van der Waals surface area contributed by atoms with E-state index in [9.17, 15) is 0 Å². The molecule has 1 saturated carbocycles. The van der Waals surface area contributed by atoms with Gasteiger partial charge < -0.3 is 4.57 Å². The van der Waals surface area contributed by atoms with Gasteiger partial charge in [-0.1, -0.05) is 43.6 Å². The minimum absolute atomic E-state index is 0.0895. The molecule has 108 valence electrons. The summed E-state index contributed by atoms with van der Waals surface area (Å²) in [5.74, 6) is 0.975. The Morgan fingerprint density at radius 3 is 2.35 bits per heavy atom. The summed E-state index contributed by atoms with van der Waals surface area (Å²) in [4.78, 5) is 4.76. The molecular weight excluding hydrogens is 336 g/mol. The lowest BCUT2D eigenvalue weighted by Gasteiger charge is -2.13. The van der Waals surface area contributed by atoms with Crippen LogP contribution < -0.4 is 0 Å². The molecule has 2 nitrogen and oxygen atoms in total. The van der Waals surface area contributed by atoms with Gasteiger partial charge in [-0.25, -0.2) is 4.98 Å². The Bertz CT molecular complexity index is 671. The van der Waals surface area contributed by atoms with Crippen molar-refractivity contribution < 1.29 is 0 Å². The first-order chi connectivity index (χ1) is 9.18. The molecule has 1 fully saturated rings. The van der Waals surface area contributed by atoms with Crippen LogP contribution in [0.4, 0.5) is 0 Å². The van der Waals surface area contributed by atoms with Crippen molar-refractivity contribution in [3.8, 4) is 0 Å². The van der Waals surface area contributed by atoms with Crippen molar-refractivity contribution >= 4 is 38.6 Å². The second-order valence-corrected chi connectivity index (χ2v) is 8.51. The molecule has 1 atom stereocenters. The van der Waals surface area contributed by atoms with Crippen LogP contribution in [0.15, 0.2) is 22.7 Å². The third-order valence-electron chi connectivity index (χ3n) is 5.24. The van der Waals surface area contributed by atoms with Gasteiger partial charge in [0.1, 0.15) is 5.82 Å². The Hall–Kier alpha value is -0.540. The van der Waals surface area contributed by atoms with Gasteiger partial charge in [-0.05, 0) is 36.0 Å². The van der Waals surface area contributed by atoms with Crippen molar-refractivity contribution in [1.29, 1.82) is 0 Å². The topological polar surface area (TPSA) is 17.8 Å².